The Hall–Kier alpha value is -4.20. The number of hydrogen-bond acceptors (Lipinski definition) is 7. The van der Waals surface area contributed by atoms with Crippen LogP contribution in [0.5, 0.6) is 11.5 Å². The molecular weight excluding hydrogens is 364 g/mol. The number of phenolic OH excluding ortho intramolecular Hbond substituents is 2. The monoisotopic (exact) mass is 376 g/mol. The molecule has 0 unspecified atom stereocenters. The second kappa shape index (κ2) is 6.20. The molecule has 8 heteroatoms. The molecule has 0 heterocycles. The molecule has 4 rings (SSSR count). The van der Waals surface area contributed by atoms with Gasteiger partial charge in [0.15, 0.2) is 0 Å². The van der Waals surface area contributed by atoms with Crippen molar-refractivity contribution in [3.05, 3.63) is 87.0 Å². The molecular formula is C20H12N2O6. The number of nitrogens with zero attached hydrogens (tertiary/aromatic N) is 1. The minimum Gasteiger partial charge on any atom is -0.507 e. The van der Waals surface area contributed by atoms with Crippen LogP contribution in [0.4, 0.5) is 17.1 Å². The molecule has 0 atom stereocenters. The largest absolute Gasteiger partial charge is 0.507 e. The summed E-state index contributed by atoms with van der Waals surface area (Å²) in [7, 11) is 0. The predicted molar refractivity (Wildman–Crippen MR) is 99.5 cm³/mol. The van der Waals surface area contributed by atoms with Crippen molar-refractivity contribution in [2.75, 3.05) is 5.32 Å². The van der Waals surface area contributed by atoms with Crippen LogP contribution in [0.3, 0.4) is 0 Å². The summed E-state index contributed by atoms with van der Waals surface area (Å²) in [5.74, 6) is -2.70. The third-order valence-corrected chi connectivity index (χ3v) is 4.46. The van der Waals surface area contributed by atoms with Crippen molar-refractivity contribution >= 4 is 28.6 Å². The molecule has 28 heavy (non-hydrogen) atoms. The van der Waals surface area contributed by atoms with E-state index in [-0.39, 0.29) is 11.1 Å². The summed E-state index contributed by atoms with van der Waals surface area (Å²) in [6.07, 6.45) is 0. The minimum atomic E-state index is -0.852. The van der Waals surface area contributed by atoms with Crippen molar-refractivity contribution in [1.82, 2.24) is 0 Å². The fourth-order valence-corrected chi connectivity index (χ4v) is 3.26. The van der Waals surface area contributed by atoms with Crippen molar-refractivity contribution in [3.63, 3.8) is 0 Å². The Balaban J connectivity index is 1.91. The molecule has 0 bridgehead atoms. The number of benzene rings is 3. The Bertz CT molecular complexity index is 1170. The maximum atomic E-state index is 13.0. The highest BCUT2D eigenvalue weighted by atomic mass is 16.6. The van der Waals surface area contributed by atoms with E-state index in [2.05, 4.69) is 5.32 Å². The number of para-hydroxylation sites is 1. The van der Waals surface area contributed by atoms with Crippen LogP contribution < -0.4 is 5.32 Å². The molecule has 0 fully saturated rings. The fraction of sp³-hybridized carbons (Fsp3) is 0. The van der Waals surface area contributed by atoms with Crippen molar-refractivity contribution in [3.8, 4) is 11.5 Å². The van der Waals surface area contributed by atoms with Crippen LogP contribution in [0.1, 0.15) is 31.8 Å². The van der Waals surface area contributed by atoms with Gasteiger partial charge in [-0.05, 0) is 24.3 Å². The molecule has 138 valence electrons. The molecule has 0 aromatic heterocycles. The highest BCUT2D eigenvalue weighted by molar-refractivity contribution is 6.31. The predicted octanol–water partition coefficient (Wildman–Crippen LogP) is 3.53. The Morgan fingerprint density at radius 1 is 0.786 bits per heavy atom. The van der Waals surface area contributed by atoms with Crippen molar-refractivity contribution in [1.29, 1.82) is 0 Å². The summed E-state index contributed by atoms with van der Waals surface area (Å²) >= 11 is 0. The number of anilines is 2. The van der Waals surface area contributed by atoms with E-state index in [4.69, 9.17) is 0 Å². The first-order chi connectivity index (χ1) is 13.4. The molecule has 0 amide bonds. The van der Waals surface area contributed by atoms with Crippen molar-refractivity contribution < 1.29 is 24.7 Å². The molecule has 3 aromatic rings. The molecule has 0 spiro atoms. The standard InChI is InChI=1S/C20H12N2O6/c23-14-7-6-13(22(27)28)17-18(14)20(26)16-12(19(17)25)8-11(9-15(16)24)21-10-4-2-1-3-5-10/h1-9,21,23-24H. The molecule has 3 N–H and O–H groups in total. The maximum absolute atomic E-state index is 13.0. The number of carbonyl (C=O) groups is 2. The number of fused-ring (bicyclic) bond motifs is 2. The zero-order valence-electron chi connectivity index (χ0n) is 14.2. The molecule has 0 radical (unpaired) electrons. The maximum Gasteiger partial charge on any atom is 0.281 e. The van der Waals surface area contributed by atoms with E-state index in [1.807, 2.05) is 6.07 Å². The molecule has 3 aromatic carbocycles. The normalized spacial score (nSPS) is 12.3. The Kier molecular flexibility index (Phi) is 3.82. The quantitative estimate of drug-likeness (QED) is 0.368. The van der Waals surface area contributed by atoms with E-state index in [1.54, 1.807) is 24.3 Å². The fourth-order valence-electron chi connectivity index (χ4n) is 3.26. The molecule has 1 aliphatic rings. The van der Waals surface area contributed by atoms with Gasteiger partial charge in [0.2, 0.25) is 11.6 Å². The van der Waals surface area contributed by atoms with E-state index in [1.165, 1.54) is 12.1 Å². The lowest BCUT2D eigenvalue weighted by Gasteiger charge is -2.20. The van der Waals surface area contributed by atoms with Gasteiger partial charge in [-0.1, -0.05) is 18.2 Å². The first kappa shape index (κ1) is 17.2. The highest BCUT2D eigenvalue weighted by Crippen LogP contribution is 2.41. The van der Waals surface area contributed by atoms with Gasteiger partial charge in [0.1, 0.15) is 17.1 Å². The van der Waals surface area contributed by atoms with Gasteiger partial charge in [-0.25, -0.2) is 0 Å². The summed E-state index contributed by atoms with van der Waals surface area (Å²) in [5.41, 5.74) is -1.02. The van der Waals surface area contributed by atoms with Gasteiger partial charge in [-0.2, -0.15) is 0 Å². The lowest BCUT2D eigenvalue weighted by atomic mass is 9.82. The zero-order valence-corrected chi connectivity index (χ0v) is 14.2. The van der Waals surface area contributed by atoms with Crippen LogP contribution >= 0.6 is 0 Å². The van der Waals surface area contributed by atoms with E-state index in [0.29, 0.717) is 11.4 Å². The van der Waals surface area contributed by atoms with Crippen molar-refractivity contribution in [2.45, 2.75) is 0 Å². The summed E-state index contributed by atoms with van der Waals surface area (Å²) < 4.78 is 0. The zero-order chi connectivity index (χ0) is 20.0. The number of aromatic hydroxyl groups is 2. The van der Waals surface area contributed by atoms with Gasteiger partial charge < -0.3 is 15.5 Å². The molecule has 0 saturated carbocycles. The topological polar surface area (TPSA) is 130 Å². The number of hydrogen-bond donors (Lipinski definition) is 3. The lowest BCUT2D eigenvalue weighted by Crippen LogP contribution is -2.22. The Morgan fingerprint density at radius 2 is 1.50 bits per heavy atom. The van der Waals surface area contributed by atoms with Gasteiger partial charge >= 0.3 is 0 Å². The van der Waals surface area contributed by atoms with Crippen LogP contribution in [0, 0.1) is 10.1 Å². The summed E-state index contributed by atoms with van der Waals surface area (Å²) in [6, 6.07) is 13.5. The molecule has 0 saturated heterocycles. The first-order valence-corrected chi connectivity index (χ1v) is 8.17. The van der Waals surface area contributed by atoms with Gasteiger partial charge in [-0.3, -0.25) is 19.7 Å². The lowest BCUT2D eigenvalue weighted by molar-refractivity contribution is -0.385. The summed E-state index contributed by atoms with van der Waals surface area (Å²) in [5, 5.41) is 34.7. The van der Waals surface area contributed by atoms with Crippen molar-refractivity contribution in [2.24, 2.45) is 0 Å². The second-order valence-corrected chi connectivity index (χ2v) is 6.18. The number of carbonyl (C=O) groups excluding carboxylic acids is 2. The molecule has 1 aliphatic carbocycles. The van der Waals surface area contributed by atoms with Gasteiger partial charge in [-0.15, -0.1) is 0 Å². The number of nitro benzene ring substituents is 1. The Labute approximate surface area is 157 Å². The van der Waals surface area contributed by atoms with Gasteiger partial charge in [0.05, 0.1) is 16.1 Å². The van der Waals surface area contributed by atoms with Crippen LogP contribution in [0.25, 0.3) is 0 Å². The number of phenols is 2. The van der Waals surface area contributed by atoms with Crippen LogP contribution in [-0.4, -0.2) is 26.7 Å². The van der Waals surface area contributed by atoms with Gasteiger partial charge in [0, 0.05) is 29.1 Å². The summed E-state index contributed by atoms with van der Waals surface area (Å²) in [4.78, 5) is 36.3. The second-order valence-electron chi connectivity index (χ2n) is 6.18. The minimum absolute atomic E-state index is 0.176. The average Bonchev–Trinajstić information content (AvgIpc) is 2.66. The van der Waals surface area contributed by atoms with E-state index in [0.717, 1.165) is 12.1 Å². The number of rotatable bonds is 3. The smallest absolute Gasteiger partial charge is 0.281 e. The third-order valence-electron chi connectivity index (χ3n) is 4.46. The first-order valence-electron chi connectivity index (χ1n) is 8.17. The molecule has 0 aliphatic heterocycles. The van der Waals surface area contributed by atoms with Crippen LogP contribution in [0.2, 0.25) is 0 Å². The molecule has 8 nitrogen and oxygen atoms in total. The highest BCUT2D eigenvalue weighted by Gasteiger charge is 2.39. The number of nitrogens with one attached hydrogen (secondary N) is 1. The SMILES string of the molecule is O=C1c2c(O)cc(Nc3ccccc3)cc2C(=O)c2c([N+](=O)[O-])ccc(O)c21. The van der Waals surface area contributed by atoms with E-state index in [9.17, 15) is 29.9 Å². The van der Waals surface area contributed by atoms with Crippen LogP contribution in [-0.2, 0) is 0 Å². The number of ketones is 2. The van der Waals surface area contributed by atoms with E-state index < -0.39 is 44.8 Å². The Morgan fingerprint density at radius 3 is 2.18 bits per heavy atom. The average molecular weight is 376 g/mol. The van der Waals surface area contributed by atoms with Gasteiger partial charge in [0.25, 0.3) is 5.69 Å². The number of nitro groups is 1. The summed E-state index contributed by atoms with van der Waals surface area (Å²) in [6.45, 7) is 0. The van der Waals surface area contributed by atoms with E-state index >= 15 is 0 Å². The third kappa shape index (κ3) is 2.55. The van der Waals surface area contributed by atoms with Crippen LogP contribution in [0.15, 0.2) is 54.6 Å².